The number of aromatic amines is 1. The monoisotopic (exact) mass is 415 g/mol. The molecule has 1 saturated heterocycles. The van der Waals surface area contributed by atoms with E-state index in [-0.39, 0.29) is 11.3 Å². The van der Waals surface area contributed by atoms with Gasteiger partial charge in [-0.15, -0.1) is 10.2 Å². The summed E-state index contributed by atoms with van der Waals surface area (Å²) in [5.41, 5.74) is 0.863. The number of halogens is 2. The normalized spacial score (nSPS) is 15.7. The second-order valence-electron chi connectivity index (χ2n) is 7.58. The summed E-state index contributed by atoms with van der Waals surface area (Å²) < 4.78 is 27.7. The predicted octanol–water partition coefficient (Wildman–Crippen LogP) is 3.13. The van der Waals surface area contributed by atoms with Crippen LogP contribution in [-0.4, -0.2) is 76.0 Å². The van der Waals surface area contributed by atoms with Gasteiger partial charge in [0.15, 0.2) is 23.1 Å². The SMILES string of the molecule is CCN1CCN(CCCCNc2n[nH]c3nnc(-c4cccc(F)c4F)cc23)CC1. The van der Waals surface area contributed by atoms with E-state index in [0.29, 0.717) is 16.9 Å². The molecular formula is C21H27F2N7. The molecule has 0 amide bonds. The Labute approximate surface area is 174 Å². The number of anilines is 1. The molecule has 30 heavy (non-hydrogen) atoms. The van der Waals surface area contributed by atoms with Crippen molar-refractivity contribution in [2.75, 3.05) is 51.1 Å². The second kappa shape index (κ2) is 9.44. The highest BCUT2D eigenvalue weighted by molar-refractivity contribution is 5.89. The van der Waals surface area contributed by atoms with Crippen molar-refractivity contribution in [1.29, 1.82) is 0 Å². The predicted molar refractivity (Wildman–Crippen MR) is 113 cm³/mol. The number of fused-ring (bicyclic) bond motifs is 1. The Morgan fingerprint density at radius 2 is 1.87 bits per heavy atom. The van der Waals surface area contributed by atoms with Gasteiger partial charge in [-0.25, -0.2) is 8.78 Å². The molecule has 160 valence electrons. The summed E-state index contributed by atoms with van der Waals surface area (Å²) in [5.74, 6) is -1.19. The second-order valence-corrected chi connectivity index (χ2v) is 7.58. The van der Waals surface area contributed by atoms with Crippen molar-refractivity contribution in [2.24, 2.45) is 0 Å². The third kappa shape index (κ3) is 4.57. The first-order valence-electron chi connectivity index (χ1n) is 10.5. The van der Waals surface area contributed by atoms with Crippen LogP contribution in [0.1, 0.15) is 19.8 Å². The molecule has 0 spiro atoms. The summed E-state index contributed by atoms with van der Waals surface area (Å²) in [5, 5.41) is 19.2. The van der Waals surface area contributed by atoms with Gasteiger partial charge in [0.25, 0.3) is 0 Å². The van der Waals surface area contributed by atoms with Crippen molar-refractivity contribution >= 4 is 16.9 Å². The van der Waals surface area contributed by atoms with E-state index in [1.54, 1.807) is 6.07 Å². The molecule has 1 aromatic carbocycles. The Morgan fingerprint density at radius 3 is 2.67 bits per heavy atom. The summed E-state index contributed by atoms with van der Waals surface area (Å²) in [6.07, 6.45) is 2.13. The van der Waals surface area contributed by atoms with Crippen LogP contribution in [0.15, 0.2) is 24.3 Å². The molecule has 2 aromatic heterocycles. The van der Waals surface area contributed by atoms with Crippen molar-refractivity contribution in [1.82, 2.24) is 30.2 Å². The zero-order valence-electron chi connectivity index (χ0n) is 17.2. The van der Waals surface area contributed by atoms with Gasteiger partial charge in [0.05, 0.1) is 11.1 Å². The molecule has 3 heterocycles. The first kappa shape index (κ1) is 20.6. The third-order valence-electron chi connectivity index (χ3n) is 5.66. The molecule has 2 N–H and O–H groups in total. The Hall–Kier alpha value is -2.65. The largest absolute Gasteiger partial charge is 0.368 e. The van der Waals surface area contributed by atoms with E-state index < -0.39 is 11.6 Å². The molecule has 1 aliphatic heterocycles. The molecule has 0 unspecified atom stereocenters. The summed E-state index contributed by atoms with van der Waals surface area (Å²) in [6.45, 7) is 9.83. The lowest BCUT2D eigenvalue weighted by Gasteiger charge is -2.33. The van der Waals surface area contributed by atoms with Crippen LogP contribution in [-0.2, 0) is 0 Å². The van der Waals surface area contributed by atoms with E-state index >= 15 is 0 Å². The van der Waals surface area contributed by atoms with Gasteiger partial charge >= 0.3 is 0 Å². The summed E-state index contributed by atoms with van der Waals surface area (Å²) in [6, 6.07) is 5.70. The lowest BCUT2D eigenvalue weighted by molar-refractivity contribution is 0.136. The molecule has 0 radical (unpaired) electrons. The topological polar surface area (TPSA) is 73.0 Å². The highest BCUT2D eigenvalue weighted by Crippen LogP contribution is 2.26. The fourth-order valence-corrected chi connectivity index (χ4v) is 3.79. The van der Waals surface area contributed by atoms with Gasteiger partial charge in [0, 0.05) is 38.3 Å². The Morgan fingerprint density at radius 1 is 1.07 bits per heavy atom. The van der Waals surface area contributed by atoms with Crippen molar-refractivity contribution in [3.05, 3.63) is 35.9 Å². The Balaban J connectivity index is 1.33. The number of likely N-dealkylation sites (N-methyl/N-ethyl adjacent to an activating group) is 1. The number of aromatic nitrogens is 4. The van der Waals surface area contributed by atoms with Crippen LogP contribution < -0.4 is 5.32 Å². The Bertz CT molecular complexity index is 983. The van der Waals surface area contributed by atoms with Crippen molar-refractivity contribution in [2.45, 2.75) is 19.8 Å². The van der Waals surface area contributed by atoms with Gasteiger partial charge in [0.1, 0.15) is 0 Å². The van der Waals surface area contributed by atoms with Gasteiger partial charge in [-0.2, -0.15) is 5.10 Å². The molecule has 9 heteroatoms. The molecule has 0 aliphatic carbocycles. The van der Waals surface area contributed by atoms with E-state index in [1.807, 2.05) is 0 Å². The number of H-pyrrole nitrogens is 1. The number of piperazine rings is 1. The fourth-order valence-electron chi connectivity index (χ4n) is 3.79. The van der Waals surface area contributed by atoms with Crippen LogP contribution in [0.5, 0.6) is 0 Å². The molecule has 0 saturated carbocycles. The fraction of sp³-hybridized carbons (Fsp3) is 0.476. The van der Waals surface area contributed by atoms with Gasteiger partial charge in [0.2, 0.25) is 0 Å². The smallest absolute Gasteiger partial charge is 0.180 e. The number of hydrogen-bond donors (Lipinski definition) is 2. The van der Waals surface area contributed by atoms with Crippen LogP contribution in [0, 0.1) is 11.6 Å². The molecule has 3 aromatic rings. The maximum atomic E-state index is 14.1. The van der Waals surface area contributed by atoms with Gasteiger partial charge < -0.3 is 15.1 Å². The number of nitrogens with zero attached hydrogens (tertiary/aromatic N) is 5. The quantitative estimate of drug-likeness (QED) is 0.551. The van der Waals surface area contributed by atoms with Crippen LogP contribution in [0.25, 0.3) is 22.3 Å². The van der Waals surface area contributed by atoms with E-state index in [4.69, 9.17) is 0 Å². The first-order valence-corrected chi connectivity index (χ1v) is 10.5. The van der Waals surface area contributed by atoms with Gasteiger partial charge in [-0.3, -0.25) is 5.10 Å². The molecule has 1 fully saturated rings. The van der Waals surface area contributed by atoms with Crippen molar-refractivity contribution in [3.8, 4) is 11.3 Å². The number of nitrogens with one attached hydrogen (secondary N) is 2. The minimum atomic E-state index is -0.927. The lowest BCUT2D eigenvalue weighted by atomic mass is 10.1. The summed E-state index contributed by atoms with van der Waals surface area (Å²) in [4.78, 5) is 5.00. The summed E-state index contributed by atoms with van der Waals surface area (Å²) in [7, 11) is 0. The molecule has 0 atom stereocenters. The molecule has 1 aliphatic rings. The van der Waals surface area contributed by atoms with Crippen LogP contribution in [0.3, 0.4) is 0 Å². The minimum absolute atomic E-state index is 0.0831. The van der Waals surface area contributed by atoms with Crippen LogP contribution >= 0.6 is 0 Å². The highest BCUT2D eigenvalue weighted by Gasteiger charge is 2.16. The average molecular weight is 415 g/mol. The van der Waals surface area contributed by atoms with Crippen molar-refractivity contribution in [3.63, 3.8) is 0 Å². The number of hydrogen-bond acceptors (Lipinski definition) is 6. The average Bonchev–Trinajstić information content (AvgIpc) is 3.18. The van der Waals surface area contributed by atoms with Gasteiger partial charge in [-0.1, -0.05) is 13.0 Å². The summed E-state index contributed by atoms with van der Waals surface area (Å²) >= 11 is 0. The van der Waals surface area contributed by atoms with Crippen LogP contribution in [0.4, 0.5) is 14.6 Å². The maximum absolute atomic E-state index is 14.1. The third-order valence-corrected chi connectivity index (χ3v) is 5.66. The van der Waals surface area contributed by atoms with Gasteiger partial charge in [-0.05, 0) is 44.1 Å². The molecule has 7 nitrogen and oxygen atoms in total. The number of rotatable bonds is 8. The van der Waals surface area contributed by atoms with E-state index in [0.717, 1.165) is 64.7 Å². The molecule has 4 rings (SSSR count). The maximum Gasteiger partial charge on any atom is 0.180 e. The van der Waals surface area contributed by atoms with Crippen LogP contribution in [0.2, 0.25) is 0 Å². The standard InChI is InChI=1S/C21H27F2N7/c1-2-29-10-12-30(13-11-29)9-4-3-8-24-20-16-14-18(25-27-21(16)28-26-20)15-6-5-7-17(22)19(15)23/h5-7,14H,2-4,8-13H2,1H3,(H2,24,26,27,28). The molecular weight excluding hydrogens is 388 g/mol. The Kier molecular flexibility index (Phi) is 6.49. The number of benzene rings is 1. The van der Waals surface area contributed by atoms with E-state index in [9.17, 15) is 8.78 Å². The highest BCUT2D eigenvalue weighted by atomic mass is 19.2. The minimum Gasteiger partial charge on any atom is -0.368 e. The lowest BCUT2D eigenvalue weighted by Crippen LogP contribution is -2.46. The zero-order valence-corrected chi connectivity index (χ0v) is 17.2. The zero-order chi connectivity index (χ0) is 20.9. The first-order chi connectivity index (χ1) is 14.7. The van der Waals surface area contributed by atoms with Crippen molar-refractivity contribution < 1.29 is 8.78 Å². The van der Waals surface area contributed by atoms with E-state index in [1.165, 1.54) is 12.1 Å². The molecule has 0 bridgehead atoms. The van der Waals surface area contributed by atoms with E-state index in [2.05, 4.69) is 42.4 Å². The number of unbranched alkanes of at least 4 members (excludes halogenated alkanes) is 1.